The van der Waals surface area contributed by atoms with Crippen molar-refractivity contribution in [3.8, 4) is 5.75 Å². The van der Waals surface area contributed by atoms with Crippen LogP contribution in [0.15, 0.2) is 78.6 Å². The zero-order valence-electron chi connectivity index (χ0n) is 16.7. The Labute approximate surface area is 184 Å². The lowest BCUT2D eigenvalue weighted by molar-refractivity contribution is -0.140. The van der Waals surface area contributed by atoms with E-state index in [0.29, 0.717) is 21.9 Å². The number of benzene rings is 2. The summed E-state index contributed by atoms with van der Waals surface area (Å²) >= 11 is 5.95. The number of hydrogen-bond acceptors (Lipinski definition) is 5. The molecule has 31 heavy (non-hydrogen) atoms. The summed E-state index contributed by atoms with van der Waals surface area (Å²) in [7, 11) is 1.56. The van der Waals surface area contributed by atoms with Gasteiger partial charge in [0.25, 0.3) is 11.7 Å². The number of Topliss-reactive ketones (excluding diaryl/α,β-unsaturated/α-hetero) is 1. The molecule has 0 aliphatic carbocycles. The van der Waals surface area contributed by atoms with Crippen molar-refractivity contribution in [2.24, 2.45) is 0 Å². The van der Waals surface area contributed by atoms with Gasteiger partial charge in [-0.25, -0.2) is 0 Å². The van der Waals surface area contributed by atoms with Crippen molar-refractivity contribution in [2.45, 2.75) is 12.6 Å². The van der Waals surface area contributed by atoms with Crippen LogP contribution >= 0.6 is 11.6 Å². The zero-order chi connectivity index (χ0) is 22.0. The van der Waals surface area contributed by atoms with E-state index in [9.17, 15) is 14.7 Å². The number of aliphatic hydroxyl groups excluding tert-OH is 1. The number of pyridine rings is 1. The van der Waals surface area contributed by atoms with Gasteiger partial charge in [-0.3, -0.25) is 14.6 Å². The topological polar surface area (TPSA) is 79.7 Å². The molecule has 0 bridgehead atoms. The molecule has 1 N–H and O–H groups in total. The molecule has 1 aromatic heterocycles. The Kier molecular flexibility index (Phi) is 5.73. The number of aromatic nitrogens is 1. The summed E-state index contributed by atoms with van der Waals surface area (Å²) in [5.74, 6) is -1.02. The minimum atomic E-state index is -0.762. The molecule has 1 aliphatic heterocycles. The molecule has 1 aliphatic rings. The molecule has 4 rings (SSSR count). The van der Waals surface area contributed by atoms with Crippen LogP contribution in [0.5, 0.6) is 5.75 Å². The third kappa shape index (κ3) is 4.02. The lowest BCUT2D eigenvalue weighted by Crippen LogP contribution is -2.29. The first-order chi connectivity index (χ1) is 15.0. The molecule has 1 amide bonds. The quantitative estimate of drug-likeness (QED) is 0.366. The molecule has 1 fully saturated rings. The van der Waals surface area contributed by atoms with Gasteiger partial charge in [0.2, 0.25) is 0 Å². The van der Waals surface area contributed by atoms with Gasteiger partial charge < -0.3 is 14.7 Å². The van der Waals surface area contributed by atoms with Gasteiger partial charge in [-0.1, -0.05) is 29.8 Å². The maximum atomic E-state index is 13.0. The largest absolute Gasteiger partial charge is 0.507 e. The number of ether oxygens (including phenoxy) is 1. The Balaban J connectivity index is 1.85. The highest BCUT2D eigenvalue weighted by atomic mass is 35.5. The summed E-state index contributed by atoms with van der Waals surface area (Å²) in [5, 5.41) is 11.5. The van der Waals surface area contributed by atoms with Crippen molar-refractivity contribution in [3.63, 3.8) is 0 Å². The van der Waals surface area contributed by atoms with Crippen LogP contribution in [-0.2, 0) is 16.1 Å². The first-order valence-corrected chi connectivity index (χ1v) is 9.94. The molecule has 2 aromatic carbocycles. The lowest BCUT2D eigenvalue weighted by atomic mass is 9.95. The smallest absolute Gasteiger partial charge is 0.295 e. The van der Waals surface area contributed by atoms with E-state index in [0.717, 1.165) is 5.56 Å². The molecule has 0 spiro atoms. The first kappa shape index (κ1) is 20.6. The number of nitrogens with zero attached hydrogens (tertiary/aromatic N) is 2. The number of likely N-dealkylation sites (tertiary alicyclic amines) is 1. The van der Waals surface area contributed by atoms with Crippen molar-refractivity contribution < 1.29 is 19.4 Å². The molecule has 1 unspecified atom stereocenters. The van der Waals surface area contributed by atoms with Crippen LogP contribution < -0.4 is 4.74 Å². The number of rotatable bonds is 5. The van der Waals surface area contributed by atoms with Crippen LogP contribution in [0.25, 0.3) is 5.76 Å². The van der Waals surface area contributed by atoms with E-state index in [1.54, 1.807) is 74.1 Å². The Morgan fingerprint density at radius 1 is 1.10 bits per heavy atom. The van der Waals surface area contributed by atoms with Gasteiger partial charge in [-0.2, -0.15) is 0 Å². The van der Waals surface area contributed by atoms with Crippen molar-refractivity contribution >= 4 is 29.1 Å². The Bertz CT molecular complexity index is 1140. The van der Waals surface area contributed by atoms with Crippen molar-refractivity contribution in [1.82, 2.24) is 9.88 Å². The Hall–Kier alpha value is -3.64. The summed E-state index contributed by atoms with van der Waals surface area (Å²) in [6, 6.07) is 16.3. The molecular weight excluding hydrogens is 416 g/mol. The maximum absolute atomic E-state index is 13.0. The number of hydrogen-bond donors (Lipinski definition) is 1. The number of halogens is 1. The van der Waals surface area contributed by atoms with Gasteiger partial charge in [0, 0.05) is 29.5 Å². The molecular formula is C24H19ClN2O4. The Morgan fingerprint density at radius 2 is 1.81 bits per heavy atom. The van der Waals surface area contributed by atoms with Gasteiger partial charge in [0.1, 0.15) is 11.5 Å². The summed E-state index contributed by atoms with van der Waals surface area (Å²) < 4.78 is 5.22. The van der Waals surface area contributed by atoms with Crippen LogP contribution in [0, 0.1) is 0 Å². The first-order valence-electron chi connectivity index (χ1n) is 9.57. The minimum absolute atomic E-state index is 0.0291. The van der Waals surface area contributed by atoms with E-state index in [2.05, 4.69) is 4.98 Å². The average Bonchev–Trinajstić information content (AvgIpc) is 3.05. The number of aliphatic hydroxyl groups is 1. The van der Waals surface area contributed by atoms with Crippen LogP contribution in [0.3, 0.4) is 0 Å². The average molecular weight is 435 g/mol. The maximum Gasteiger partial charge on any atom is 0.295 e. The number of methoxy groups -OCH3 is 1. The SMILES string of the molecule is COc1ccc(C2/C(=C(/O)c3ccc(Cl)cc3)C(=O)C(=O)N2Cc2cccnc2)cc1. The molecule has 0 radical (unpaired) electrons. The van der Waals surface area contributed by atoms with Gasteiger partial charge in [-0.15, -0.1) is 0 Å². The minimum Gasteiger partial charge on any atom is -0.507 e. The fourth-order valence-corrected chi connectivity index (χ4v) is 3.75. The summed E-state index contributed by atoms with van der Waals surface area (Å²) in [5.41, 5.74) is 1.89. The van der Waals surface area contributed by atoms with Gasteiger partial charge in [-0.05, 0) is 53.6 Å². The van der Waals surface area contributed by atoms with Crippen molar-refractivity contribution in [2.75, 3.05) is 7.11 Å². The second kappa shape index (κ2) is 8.62. The second-order valence-corrected chi connectivity index (χ2v) is 7.50. The van der Waals surface area contributed by atoms with Crippen molar-refractivity contribution in [3.05, 3.63) is 100 Å². The predicted molar refractivity (Wildman–Crippen MR) is 117 cm³/mol. The summed E-state index contributed by atoms with van der Waals surface area (Å²) in [4.78, 5) is 31.5. The van der Waals surface area contributed by atoms with E-state index in [1.165, 1.54) is 4.90 Å². The summed E-state index contributed by atoms with van der Waals surface area (Å²) in [6.45, 7) is 0.173. The highest BCUT2D eigenvalue weighted by molar-refractivity contribution is 6.46. The number of carbonyl (C=O) groups is 2. The summed E-state index contributed by atoms with van der Waals surface area (Å²) in [6.07, 6.45) is 3.28. The van der Waals surface area contributed by atoms with Crippen LogP contribution in [0.1, 0.15) is 22.7 Å². The number of ketones is 1. The third-order valence-electron chi connectivity index (χ3n) is 5.16. The van der Waals surface area contributed by atoms with Crippen LogP contribution in [0.4, 0.5) is 0 Å². The molecule has 3 aromatic rings. The monoisotopic (exact) mass is 434 g/mol. The van der Waals surface area contributed by atoms with E-state index >= 15 is 0 Å². The van der Waals surface area contributed by atoms with E-state index in [4.69, 9.17) is 16.3 Å². The van der Waals surface area contributed by atoms with Gasteiger partial charge >= 0.3 is 0 Å². The van der Waals surface area contributed by atoms with Crippen molar-refractivity contribution in [1.29, 1.82) is 0 Å². The normalized spacial score (nSPS) is 17.7. The highest BCUT2D eigenvalue weighted by Gasteiger charge is 2.46. The van der Waals surface area contributed by atoms with Gasteiger partial charge in [0.05, 0.1) is 18.7 Å². The number of amides is 1. The van der Waals surface area contributed by atoms with E-state index < -0.39 is 17.7 Å². The molecule has 1 saturated heterocycles. The second-order valence-electron chi connectivity index (χ2n) is 7.07. The molecule has 0 saturated carbocycles. The number of carbonyl (C=O) groups excluding carboxylic acids is 2. The van der Waals surface area contributed by atoms with Gasteiger partial charge in [0.15, 0.2) is 0 Å². The fourth-order valence-electron chi connectivity index (χ4n) is 3.63. The predicted octanol–water partition coefficient (Wildman–Crippen LogP) is 4.37. The molecule has 1 atom stereocenters. The third-order valence-corrected chi connectivity index (χ3v) is 5.42. The molecule has 156 valence electrons. The van der Waals surface area contributed by atoms with E-state index in [-0.39, 0.29) is 17.9 Å². The standard InChI is InChI=1S/C24H19ClN2O4/c1-31-19-10-6-16(7-11-19)21-20(22(28)17-4-8-18(25)9-5-17)23(29)24(30)27(21)14-15-3-2-12-26-13-15/h2-13,21,28H,14H2,1H3/b22-20-. The lowest BCUT2D eigenvalue weighted by Gasteiger charge is -2.25. The van der Waals surface area contributed by atoms with Crippen LogP contribution in [0.2, 0.25) is 5.02 Å². The molecule has 2 heterocycles. The zero-order valence-corrected chi connectivity index (χ0v) is 17.4. The molecule has 7 heteroatoms. The highest BCUT2D eigenvalue weighted by Crippen LogP contribution is 2.40. The van der Waals surface area contributed by atoms with E-state index in [1.807, 2.05) is 6.07 Å². The van der Waals surface area contributed by atoms with Crippen LogP contribution in [-0.4, -0.2) is 33.8 Å². The Morgan fingerprint density at radius 3 is 2.42 bits per heavy atom. The fraction of sp³-hybridized carbons (Fsp3) is 0.125. The molecule has 6 nitrogen and oxygen atoms in total.